The molecule has 1 aromatic heterocycles. The summed E-state index contributed by atoms with van der Waals surface area (Å²) in [5.41, 5.74) is 0.341. The number of carbonyl (C=O) groups is 1. The molecule has 3 nitrogen and oxygen atoms in total. The summed E-state index contributed by atoms with van der Waals surface area (Å²) in [5, 5.41) is 8.56. The quantitative estimate of drug-likeness (QED) is 0.909. The van der Waals surface area contributed by atoms with Gasteiger partial charge in [-0.3, -0.25) is 9.78 Å². The SMILES string of the molecule is O=C(O)Cc1ncc(-c2ccccc2F)cc1F. The predicted octanol–water partition coefficient (Wildman–Crippen LogP) is 2.65. The summed E-state index contributed by atoms with van der Waals surface area (Å²) in [6, 6.07) is 7.01. The van der Waals surface area contributed by atoms with E-state index in [0.29, 0.717) is 0 Å². The zero-order valence-electron chi connectivity index (χ0n) is 9.23. The number of carboxylic acids is 1. The number of pyridine rings is 1. The van der Waals surface area contributed by atoms with E-state index in [2.05, 4.69) is 4.98 Å². The second kappa shape index (κ2) is 4.91. The van der Waals surface area contributed by atoms with Crippen LogP contribution in [-0.4, -0.2) is 16.1 Å². The van der Waals surface area contributed by atoms with Gasteiger partial charge in [-0.25, -0.2) is 8.78 Å². The number of hydrogen-bond acceptors (Lipinski definition) is 2. The Balaban J connectivity index is 2.40. The Bertz CT molecular complexity index is 599. The van der Waals surface area contributed by atoms with E-state index in [0.717, 1.165) is 6.07 Å². The van der Waals surface area contributed by atoms with Crippen LogP contribution >= 0.6 is 0 Å². The molecule has 1 aromatic carbocycles. The van der Waals surface area contributed by atoms with Crippen molar-refractivity contribution in [3.63, 3.8) is 0 Å². The van der Waals surface area contributed by atoms with E-state index in [9.17, 15) is 13.6 Å². The fourth-order valence-corrected chi connectivity index (χ4v) is 1.58. The third kappa shape index (κ3) is 2.51. The van der Waals surface area contributed by atoms with Gasteiger partial charge in [-0.1, -0.05) is 18.2 Å². The van der Waals surface area contributed by atoms with Crippen LogP contribution in [0.5, 0.6) is 0 Å². The molecule has 0 aliphatic rings. The Labute approximate surface area is 102 Å². The second-order valence-electron chi connectivity index (χ2n) is 3.70. The van der Waals surface area contributed by atoms with Crippen LogP contribution < -0.4 is 0 Å². The molecule has 0 aliphatic heterocycles. The van der Waals surface area contributed by atoms with E-state index >= 15 is 0 Å². The summed E-state index contributed by atoms with van der Waals surface area (Å²) in [6.45, 7) is 0. The number of halogens is 2. The van der Waals surface area contributed by atoms with Crippen molar-refractivity contribution >= 4 is 5.97 Å². The number of aliphatic carboxylic acids is 1. The van der Waals surface area contributed by atoms with Crippen molar-refractivity contribution in [2.75, 3.05) is 0 Å². The molecule has 0 fully saturated rings. The van der Waals surface area contributed by atoms with E-state index < -0.39 is 24.0 Å². The molecule has 0 saturated carbocycles. The van der Waals surface area contributed by atoms with Crippen LogP contribution in [0.15, 0.2) is 36.5 Å². The lowest BCUT2D eigenvalue weighted by atomic mass is 10.1. The molecule has 0 aliphatic carbocycles. The topological polar surface area (TPSA) is 50.2 Å². The number of hydrogen-bond donors (Lipinski definition) is 1. The molecular formula is C13H9F2NO2. The average Bonchev–Trinajstić information content (AvgIpc) is 2.32. The molecule has 5 heteroatoms. The fraction of sp³-hybridized carbons (Fsp3) is 0.0769. The van der Waals surface area contributed by atoms with Crippen LogP contribution in [0.3, 0.4) is 0 Å². The lowest BCUT2D eigenvalue weighted by Crippen LogP contribution is -2.05. The van der Waals surface area contributed by atoms with Gasteiger partial charge >= 0.3 is 5.97 Å². The van der Waals surface area contributed by atoms with Gasteiger partial charge in [0.05, 0.1) is 12.1 Å². The summed E-state index contributed by atoms with van der Waals surface area (Å²) >= 11 is 0. The molecule has 0 amide bonds. The first-order chi connectivity index (χ1) is 8.58. The Morgan fingerprint density at radius 2 is 1.94 bits per heavy atom. The monoisotopic (exact) mass is 249 g/mol. The molecule has 18 heavy (non-hydrogen) atoms. The molecule has 0 atom stereocenters. The predicted molar refractivity (Wildman–Crippen MR) is 60.9 cm³/mol. The van der Waals surface area contributed by atoms with E-state index in [1.54, 1.807) is 6.07 Å². The largest absolute Gasteiger partial charge is 0.481 e. The first-order valence-corrected chi connectivity index (χ1v) is 5.19. The van der Waals surface area contributed by atoms with Crippen LogP contribution in [0.1, 0.15) is 5.69 Å². The summed E-state index contributed by atoms with van der Waals surface area (Å²) < 4.78 is 27.1. The van der Waals surface area contributed by atoms with Gasteiger partial charge in [0.25, 0.3) is 0 Å². The van der Waals surface area contributed by atoms with E-state index in [-0.39, 0.29) is 16.8 Å². The van der Waals surface area contributed by atoms with Crippen molar-refractivity contribution in [1.82, 2.24) is 4.98 Å². The minimum Gasteiger partial charge on any atom is -0.481 e. The van der Waals surface area contributed by atoms with Crippen LogP contribution in [0.4, 0.5) is 8.78 Å². The molecule has 0 radical (unpaired) electrons. The minimum atomic E-state index is -1.17. The smallest absolute Gasteiger partial charge is 0.309 e. The number of rotatable bonds is 3. The lowest BCUT2D eigenvalue weighted by molar-refractivity contribution is -0.136. The maximum absolute atomic E-state index is 13.6. The van der Waals surface area contributed by atoms with Gasteiger partial charge in [0.1, 0.15) is 11.6 Å². The Hall–Kier alpha value is -2.30. The van der Waals surface area contributed by atoms with Crippen molar-refractivity contribution in [2.45, 2.75) is 6.42 Å². The third-order valence-electron chi connectivity index (χ3n) is 2.42. The summed E-state index contributed by atoms with van der Waals surface area (Å²) in [7, 11) is 0. The van der Waals surface area contributed by atoms with Gasteiger partial charge in [-0.05, 0) is 12.1 Å². The van der Waals surface area contributed by atoms with Crippen molar-refractivity contribution < 1.29 is 18.7 Å². The van der Waals surface area contributed by atoms with Crippen LogP contribution in [0.25, 0.3) is 11.1 Å². The van der Waals surface area contributed by atoms with Gasteiger partial charge in [-0.2, -0.15) is 0 Å². The highest BCUT2D eigenvalue weighted by Gasteiger charge is 2.11. The fourth-order valence-electron chi connectivity index (χ4n) is 1.58. The molecule has 1 N–H and O–H groups in total. The van der Waals surface area contributed by atoms with E-state index in [1.165, 1.54) is 24.4 Å². The Morgan fingerprint density at radius 3 is 2.56 bits per heavy atom. The molecule has 0 saturated heterocycles. The zero-order chi connectivity index (χ0) is 13.1. The highest BCUT2D eigenvalue weighted by atomic mass is 19.1. The Morgan fingerprint density at radius 1 is 1.22 bits per heavy atom. The van der Waals surface area contributed by atoms with Crippen LogP contribution in [-0.2, 0) is 11.2 Å². The summed E-state index contributed by atoms with van der Waals surface area (Å²) in [6.07, 6.45) is 0.767. The van der Waals surface area contributed by atoms with E-state index in [4.69, 9.17) is 5.11 Å². The number of carboxylic acid groups (broad SMARTS) is 1. The number of benzene rings is 1. The standard InChI is InChI=1S/C13H9F2NO2/c14-10-4-2-1-3-9(10)8-5-11(15)12(16-7-8)6-13(17)18/h1-5,7H,6H2,(H,17,18). The normalized spacial score (nSPS) is 10.3. The summed E-state index contributed by atoms with van der Waals surface area (Å²) in [5.74, 6) is -2.40. The van der Waals surface area contributed by atoms with Gasteiger partial charge in [0.15, 0.2) is 0 Å². The molecule has 0 unspecified atom stereocenters. The lowest BCUT2D eigenvalue weighted by Gasteiger charge is -2.05. The van der Waals surface area contributed by atoms with Crippen LogP contribution in [0, 0.1) is 11.6 Å². The van der Waals surface area contributed by atoms with Crippen molar-refractivity contribution in [1.29, 1.82) is 0 Å². The van der Waals surface area contributed by atoms with Crippen molar-refractivity contribution in [3.05, 3.63) is 53.9 Å². The van der Waals surface area contributed by atoms with Crippen LogP contribution in [0.2, 0.25) is 0 Å². The van der Waals surface area contributed by atoms with Gasteiger partial charge in [-0.15, -0.1) is 0 Å². The molecule has 0 spiro atoms. The first-order valence-electron chi connectivity index (χ1n) is 5.19. The second-order valence-corrected chi connectivity index (χ2v) is 3.70. The van der Waals surface area contributed by atoms with Gasteiger partial charge < -0.3 is 5.11 Å². The van der Waals surface area contributed by atoms with Gasteiger partial charge in [0.2, 0.25) is 0 Å². The molecule has 92 valence electrons. The Kier molecular flexibility index (Phi) is 3.32. The third-order valence-corrected chi connectivity index (χ3v) is 2.42. The molecular weight excluding hydrogens is 240 g/mol. The van der Waals surface area contributed by atoms with Gasteiger partial charge in [0, 0.05) is 17.3 Å². The molecule has 0 bridgehead atoms. The highest BCUT2D eigenvalue weighted by Crippen LogP contribution is 2.23. The zero-order valence-corrected chi connectivity index (χ0v) is 9.23. The van der Waals surface area contributed by atoms with Crippen molar-refractivity contribution in [3.8, 4) is 11.1 Å². The number of aromatic nitrogens is 1. The first kappa shape index (κ1) is 12.2. The summed E-state index contributed by atoms with van der Waals surface area (Å²) in [4.78, 5) is 14.2. The molecule has 2 rings (SSSR count). The highest BCUT2D eigenvalue weighted by molar-refractivity contribution is 5.70. The number of nitrogens with zero attached hydrogens (tertiary/aromatic N) is 1. The van der Waals surface area contributed by atoms with E-state index in [1.807, 2.05) is 0 Å². The molecule has 2 aromatic rings. The maximum Gasteiger partial charge on any atom is 0.309 e. The molecule has 1 heterocycles. The maximum atomic E-state index is 13.6. The minimum absolute atomic E-state index is 0.164. The van der Waals surface area contributed by atoms with Crippen molar-refractivity contribution in [2.24, 2.45) is 0 Å². The average molecular weight is 249 g/mol.